The van der Waals surface area contributed by atoms with Gasteiger partial charge in [0.2, 0.25) is 5.91 Å². The lowest BCUT2D eigenvalue weighted by atomic mass is 9.84. The van der Waals surface area contributed by atoms with Crippen molar-refractivity contribution in [2.45, 2.75) is 96.1 Å². The minimum Gasteiger partial charge on any atom is -0.458 e. The van der Waals surface area contributed by atoms with Gasteiger partial charge in [-0.1, -0.05) is 19.0 Å². The zero-order valence-electron chi connectivity index (χ0n) is 20.5. The molecule has 0 aliphatic heterocycles. The van der Waals surface area contributed by atoms with Crippen LogP contribution in [0.2, 0.25) is 45.3 Å². The molecule has 0 aromatic heterocycles. The molecule has 10 heteroatoms. The molecule has 1 rings (SSSR count). The summed E-state index contributed by atoms with van der Waals surface area (Å²) < 4.78 is 18.1. The van der Waals surface area contributed by atoms with Gasteiger partial charge < -0.3 is 24.0 Å². The Morgan fingerprint density at radius 2 is 1.71 bits per heavy atom. The summed E-state index contributed by atoms with van der Waals surface area (Å²) in [5.41, 5.74) is 0.337. The van der Waals surface area contributed by atoms with Crippen LogP contribution in [-0.2, 0) is 23.2 Å². The third-order valence-corrected chi connectivity index (χ3v) is 9.18. The molecule has 0 radical (unpaired) electrons. The molecule has 3 unspecified atom stereocenters. The monoisotopic (exact) mass is 489 g/mol. The number of carbonyl (C=O) groups excluding carboxylic acids is 2. The Kier molecular flexibility index (Phi) is 11.3. The maximum absolute atomic E-state index is 12.1. The second kappa shape index (κ2) is 12.5. The van der Waals surface area contributed by atoms with Crippen molar-refractivity contribution in [3.8, 4) is 0 Å². The molecule has 0 spiro atoms. The SMILES string of the molecule is C=C(C)C(=O)NCC(=O)OC1CC(CC[SiH2]C(O[Si](C)(C)C)O[Si](C)(C)C)CCC1O. The van der Waals surface area contributed by atoms with E-state index in [2.05, 4.69) is 51.2 Å². The van der Waals surface area contributed by atoms with Crippen molar-refractivity contribution in [1.82, 2.24) is 5.32 Å². The second-order valence-electron chi connectivity index (χ2n) is 10.6. The van der Waals surface area contributed by atoms with E-state index >= 15 is 0 Å². The van der Waals surface area contributed by atoms with E-state index in [0.29, 0.717) is 24.3 Å². The fourth-order valence-electron chi connectivity index (χ4n) is 3.60. The maximum Gasteiger partial charge on any atom is 0.325 e. The van der Waals surface area contributed by atoms with Gasteiger partial charge in [0.25, 0.3) is 0 Å². The number of carbonyl (C=O) groups is 2. The van der Waals surface area contributed by atoms with Crippen molar-refractivity contribution in [2.75, 3.05) is 6.54 Å². The Labute approximate surface area is 192 Å². The molecule has 0 heterocycles. The van der Waals surface area contributed by atoms with Gasteiger partial charge in [-0.3, -0.25) is 9.59 Å². The van der Waals surface area contributed by atoms with E-state index in [-0.39, 0.29) is 18.4 Å². The number of nitrogens with one attached hydrogen (secondary N) is 1. The van der Waals surface area contributed by atoms with Crippen LogP contribution in [0.1, 0.15) is 32.6 Å². The lowest BCUT2D eigenvalue weighted by Crippen LogP contribution is -2.43. The summed E-state index contributed by atoms with van der Waals surface area (Å²) in [7, 11) is -3.89. The van der Waals surface area contributed by atoms with Crippen LogP contribution in [0.15, 0.2) is 12.2 Å². The molecule has 180 valence electrons. The predicted octanol–water partition coefficient (Wildman–Crippen LogP) is 2.72. The Balaban J connectivity index is 2.50. The Morgan fingerprint density at radius 1 is 1.13 bits per heavy atom. The summed E-state index contributed by atoms with van der Waals surface area (Å²) in [4.78, 5) is 23.6. The molecule has 31 heavy (non-hydrogen) atoms. The summed E-state index contributed by atoms with van der Waals surface area (Å²) in [5, 5.41) is 12.7. The predicted molar refractivity (Wildman–Crippen MR) is 132 cm³/mol. The fraction of sp³-hybridized carbons (Fsp3) is 0.810. The first-order valence-electron chi connectivity index (χ1n) is 11.3. The van der Waals surface area contributed by atoms with E-state index in [1.54, 1.807) is 6.92 Å². The first-order chi connectivity index (χ1) is 14.2. The van der Waals surface area contributed by atoms with Crippen LogP contribution < -0.4 is 5.32 Å². The molecule has 2 N–H and O–H groups in total. The number of amides is 1. The van der Waals surface area contributed by atoms with Crippen LogP contribution in [-0.4, -0.2) is 67.8 Å². The molecule has 1 aliphatic carbocycles. The summed E-state index contributed by atoms with van der Waals surface area (Å²) in [6, 6.07) is 1.11. The third kappa shape index (κ3) is 12.7. The van der Waals surface area contributed by atoms with E-state index in [4.69, 9.17) is 13.6 Å². The molecule has 0 bridgehead atoms. The summed E-state index contributed by atoms with van der Waals surface area (Å²) in [6.07, 6.45) is 2.10. The number of aliphatic hydroxyl groups is 1. The molecular weight excluding hydrogens is 446 g/mol. The van der Waals surface area contributed by atoms with Gasteiger partial charge in [0.05, 0.1) is 15.6 Å². The average Bonchev–Trinajstić information content (AvgIpc) is 2.59. The number of aliphatic hydroxyl groups excluding tert-OH is 1. The maximum atomic E-state index is 12.1. The van der Waals surface area contributed by atoms with Crippen LogP contribution in [0.5, 0.6) is 0 Å². The lowest BCUT2D eigenvalue weighted by molar-refractivity contribution is -0.158. The topological polar surface area (TPSA) is 94.1 Å². The number of hydrogen-bond donors (Lipinski definition) is 2. The second-order valence-corrected chi connectivity index (χ2v) is 21.4. The zero-order valence-corrected chi connectivity index (χ0v) is 23.9. The summed E-state index contributed by atoms with van der Waals surface area (Å²) in [6.45, 7) is 18.1. The van der Waals surface area contributed by atoms with Gasteiger partial charge >= 0.3 is 5.97 Å². The average molecular weight is 490 g/mol. The highest BCUT2D eigenvalue weighted by Crippen LogP contribution is 2.30. The van der Waals surface area contributed by atoms with Crippen LogP contribution in [0.3, 0.4) is 0 Å². The molecular formula is C21H43NO6Si3. The highest BCUT2D eigenvalue weighted by Gasteiger charge is 2.32. The van der Waals surface area contributed by atoms with Gasteiger partial charge in [0.1, 0.15) is 18.6 Å². The lowest BCUT2D eigenvalue weighted by Gasteiger charge is -2.34. The molecule has 0 aromatic rings. The number of rotatable bonds is 12. The molecule has 1 aliphatic rings. The molecule has 1 fully saturated rings. The third-order valence-electron chi connectivity index (χ3n) is 4.95. The zero-order chi connectivity index (χ0) is 23.8. The van der Waals surface area contributed by atoms with Gasteiger partial charge in [-0.25, -0.2) is 0 Å². The van der Waals surface area contributed by atoms with Crippen LogP contribution in [0.4, 0.5) is 0 Å². The smallest absolute Gasteiger partial charge is 0.325 e. The highest BCUT2D eigenvalue weighted by atomic mass is 28.4. The minimum atomic E-state index is -1.67. The van der Waals surface area contributed by atoms with Crippen molar-refractivity contribution in [1.29, 1.82) is 0 Å². The van der Waals surface area contributed by atoms with Crippen LogP contribution in [0.25, 0.3) is 0 Å². The Morgan fingerprint density at radius 3 is 2.23 bits per heavy atom. The van der Waals surface area contributed by atoms with Gasteiger partial charge in [-0.05, 0) is 71.4 Å². The summed E-state index contributed by atoms with van der Waals surface area (Å²) >= 11 is 0. The molecule has 1 saturated carbocycles. The largest absolute Gasteiger partial charge is 0.458 e. The number of hydrogen-bond acceptors (Lipinski definition) is 6. The van der Waals surface area contributed by atoms with E-state index in [9.17, 15) is 14.7 Å². The van der Waals surface area contributed by atoms with Crippen LogP contribution in [0, 0.1) is 5.92 Å². The van der Waals surface area contributed by atoms with Gasteiger partial charge in [0, 0.05) is 5.57 Å². The van der Waals surface area contributed by atoms with Crippen LogP contribution >= 0.6 is 0 Å². The van der Waals surface area contributed by atoms with Crippen molar-refractivity contribution in [3.05, 3.63) is 12.2 Å². The fourth-order valence-corrected chi connectivity index (χ4v) is 10.5. The summed E-state index contributed by atoms with van der Waals surface area (Å²) in [5.74, 6) is -0.503. The first kappa shape index (κ1) is 28.2. The van der Waals surface area contributed by atoms with E-state index in [1.807, 2.05) is 0 Å². The first-order valence-corrected chi connectivity index (χ1v) is 20.0. The Hall–Kier alpha value is -0.789. The van der Waals surface area contributed by atoms with Gasteiger partial charge in [-0.2, -0.15) is 0 Å². The highest BCUT2D eigenvalue weighted by molar-refractivity contribution is 6.71. The van der Waals surface area contributed by atoms with Crippen molar-refractivity contribution >= 4 is 38.0 Å². The molecule has 3 atom stereocenters. The standard InChI is InChI=1S/C21H43NO6Si3/c1-15(2)20(25)22-14-19(24)26-18-13-16(9-10-17(18)23)11-12-29-21(27-30(3,4)5)28-31(6,7)8/h16-18,21,23H,1,9-14,29H2,2-8H3,(H,22,25). The number of esters is 1. The van der Waals surface area contributed by atoms with Crippen molar-refractivity contribution in [3.63, 3.8) is 0 Å². The minimum absolute atomic E-state index is 0.0157. The van der Waals surface area contributed by atoms with Crippen molar-refractivity contribution < 1.29 is 28.3 Å². The van der Waals surface area contributed by atoms with E-state index in [1.165, 1.54) is 0 Å². The molecule has 1 amide bonds. The molecule has 7 nitrogen and oxygen atoms in total. The quantitative estimate of drug-likeness (QED) is 0.189. The normalized spacial score (nSPS) is 22.7. The van der Waals surface area contributed by atoms with Gasteiger partial charge in [-0.15, -0.1) is 0 Å². The van der Waals surface area contributed by atoms with Crippen molar-refractivity contribution in [2.24, 2.45) is 5.92 Å². The molecule has 0 saturated heterocycles. The van der Waals surface area contributed by atoms with E-state index in [0.717, 1.165) is 18.9 Å². The van der Waals surface area contributed by atoms with Gasteiger partial charge in [0.15, 0.2) is 16.6 Å². The number of ether oxygens (including phenoxy) is 1. The molecule has 0 aromatic carbocycles. The Bertz CT molecular complexity index is 601. The van der Waals surface area contributed by atoms with E-state index < -0.39 is 44.3 Å².